The number of aromatic nitrogens is 1. The number of nitrogens with zero attached hydrogens (tertiary/aromatic N) is 1. The van der Waals surface area contributed by atoms with Crippen molar-refractivity contribution in [1.82, 2.24) is 4.98 Å². The van der Waals surface area contributed by atoms with Crippen LogP contribution < -0.4 is 5.73 Å². The number of halogens is 1. The summed E-state index contributed by atoms with van der Waals surface area (Å²) < 4.78 is 0.998. The van der Waals surface area contributed by atoms with Gasteiger partial charge in [0.05, 0.1) is 0 Å². The number of hydrogen-bond donors (Lipinski definition) is 1. The maximum Gasteiger partial charge on any atom is 0.0410 e. The third-order valence-electron chi connectivity index (χ3n) is 3.62. The van der Waals surface area contributed by atoms with Crippen molar-refractivity contribution in [2.45, 2.75) is 18.9 Å². The van der Waals surface area contributed by atoms with Crippen molar-refractivity contribution in [3.05, 3.63) is 76.5 Å². The number of pyridine rings is 1. The molecule has 3 aromatic rings. The second-order valence-corrected chi connectivity index (χ2v) is 6.23. The molecule has 1 aromatic heterocycles. The van der Waals surface area contributed by atoms with Gasteiger partial charge in [0.25, 0.3) is 0 Å². The summed E-state index contributed by atoms with van der Waals surface area (Å²) in [6.45, 7) is 0. The van der Waals surface area contributed by atoms with E-state index >= 15 is 0 Å². The van der Waals surface area contributed by atoms with Gasteiger partial charge in [-0.3, -0.25) is 4.98 Å². The molecule has 2 aromatic carbocycles. The third kappa shape index (κ3) is 3.49. The van der Waals surface area contributed by atoms with Crippen LogP contribution in [0.3, 0.4) is 0 Å². The van der Waals surface area contributed by atoms with Crippen LogP contribution in [0.15, 0.2) is 65.4 Å². The van der Waals surface area contributed by atoms with Crippen molar-refractivity contribution in [2.75, 3.05) is 0 Å². The van der Waals surface area contributed by atoms with Crippen LogP contribution >= 0.6 is 15.9 Å². The molecule has 0 aliphatic rings. The largest absolute Gasteiger partial charge is 0.327 e. The average Bonchev–Trinajstić information content (AvgIpc) is 2.47. The van der Waals surface area contributed by atoms with E-state index in [1.165, 1.54) is 16.3 Å². The number of nitrogens with two attached hydrogens (primary N) is 1. The normalized spacial score (nSPS) is 12.5. The van der Waals surface area contributed by atoms with Gasteiger partial charge in [-0.2, -0.15) is 0 Å². The summed E-state index contributed by atoms with van der Waals surface area (Å²) in [4.78, 5) is 4.19. The fourth-order valence-electron chi connectivity index (χ4n) is 2.70. The van der Waals surface area contributed by atoms with Crippen LogP contribution in [0.1, 0.15) is 11.1 Å². The minimum atomic E-state index is 0.0897. The molecule has 0 aliphatic carbocycles. The van der Waals surface area contributed by atoms with Crippen LogP contribution in [0.2, 0.25) is 0 Å². The van der Waals surface area contributed by atoms with E-state index in [-0.39, 0.29) is 6.04 Å². The van der Waals surface area contributed by atoms with E-state index in [0.29, 0.717) is 0 Å². The fourth-order valence-corrected chi connectivity index (χ4v) is 3.11. The summed E-state index contributed by atoms with van der Waals surface area (Å²) >= 11 is 3.45. The zero-order chi connectivity index (χ0) is 14.7. The Hall–Kier alpha value is -1.71. The lowest BCUT2D eigenvalue weighted by molar-refractivity contribution is 0.665. The molecule has 1 atom stereocenters. The zero-order valence-electron chi connectivity index (χ0n) is 11.7. The molecule has 2 nitrogen and oxygen atoms in total. The average molecular weight is 341 g/mol. The lowest BCUT2D eigenvalue weighted by atomic mass is 9.96. The standard InChI is InChI=1S/C18H17BrN2/c19-16-8-13(11-21-12-16)9-17(20)10-15-6-3-5-14-4-1-2-7-18(14)15/h1-8,11-12,17H,9-10,20H2. The van der Waals surface area contributed by atoms with Crippen molar-refractivity contribution >= 4 is 26.7 Å². The predicted molar refractivity (Wildman–Crippen MR) is 91.3 cm³/mol. The van der Waals surface area contributed by atoms with Crippen LogP contribution in [0.4, 0.5) is 0 Å². The molecule has 2 N–H and O–H groups in total. The Morgan fingerprint density at radius 3 is 2.67 bits per heavy atom. The Bertz CT molecular complexity index is 750. The SMILES string of the molecule is NC(Cc1cncc(Br)c1)Cc1cccc2ccccc12. The summed E-state index contributed by atoms with van der Waals surface area (Å²) in [5, 5.41) is 2.56. The topological polar surface area (TPSA) is 38.9 Å². The molecule has 0 bridgehead atoms. The van der Waals surface area contributed by atoms with Crippen LogP contribution in [-0.2, 0) is 12.8 Å². The van der Waals surface area contributed by atoms with E-state index in [9.17, 15) is 0 Å². The highest BCUT2D eigenvalue weighted by atomic mass is 79.9. The Balaban J connectivity index is 1.79. The number of benzene rings is 2. The Morgan fingerprint density at radius 2 is 1.81 bits per heavy atom. The van der Waals surface area contributed by atoms with Gasteiger partial charge in [0.15, 0.2) is 0 Å². The first-order chi connectivity index (χ1) is 10.2. The molecule has 106 valence electrons. The molecule has 0 radical (unpaired) electrons. The van der Waals surface area contributed by atoms with Crippen molar-refractivity contribution in [1.29, 1.82) is 0 Å². The summed E-state index contributed by atoms with van der Waals surface area (Å²) in [5.74, 6) is 0. The fraction of sp³-hybridized carbons (Fsp3) is 0.167. The highest BCUT2D eigenvalue weighted by Crippen LogP contribution is 2.20. The molecule has 1 unspecified atom stereocenters. The van der Waals surface area contributed by atoms with Gasteiger partial charge in [-0.15, -0.1) is 0 Å². The van der Waals surface area contributed by atoms with E-state index in [0.717, 1.165) is 22.9 Å². The van der Waals surface area contributed by atoms with Crippen LogP contribution in [0, 0.1) is 0 Å². The Kier molecular flexibility index (Phi) is 4.32. The summed E-state index contributed by atoms with van der Waals surface area (Å²) in [5.41, 5.74) is 8.81. The van der Waals surface area contributed by atoms with E-state index in [1.807, 2.05) is 6.20 Å². The molecular formula is C18H17BrN2. The first kappa shape index (κ1) is 14.2. The van der Waals surface area contributed by atoms with Crippen LogP contribution in [0.25, 0.3) is 10.8 Å². The number of rotatable bonds is 4. The first-order valence-corrected chi connectivity index (χ1v) is 7.83. The zero-order valence-corrected chi connectivity index (χ0v) is 13.3. The van der Waals surface area contributed by atoms with Gasteiger partial charge in [0, 0.05) is 22.9 Å². The molecule has 3 heteroatoms. The highest BCUT2D eigenvalue weighted by molar-refractivity contribution is 9.10. The van der Waals surface area contributed by atoms with E-state index in [1.54, 1.807) is 6.20 Å². The molecule has 0 spiro atoms. The van der Waals surface area contributed by atoms with E-state index < -0.39 is 0 Å². The summed E-state index contributed by atoms with van der Waals surface area (Å²) in [7, 11) is 0. The maximum atomic E-state index is 6.34. The second-order valence-electron chi connectivity index (χ2n) is 5.32. The van der Waals surface area contributed by atoms with Gasteiger partial charge in [-0.1, -0.05) is 42.5 Å². The Labute approximate surface area is 133 Å². The van der Waals surface area contributed by atoms with Crippen molar-refractivity contribution in [2.24, 2.45) is 5.73 Å². The summed E-state index contributed by atoms with van der Waals surface area (Å²) in [6.07, 6.45) is 5.37. The van der Waals surface area contributed by atoms with Gasteiger partial charge in [0.2, 0.25) is 0 Å². The van der Waals surface area contributed by atoms with Gasteiger partial charge >= 0.3 is 0 Å². The van der Waals surface area contributed by atoms with E-state index in [2.05, 4.69) is 69.4 Å². The quantitative estimate of drug-likeness (QED) is 0.776. The third-order valence-corrected chi connectivity index (χ3v) is 4.06. The smallest absolute Gasteiger partial charge is 0.0410 e. The molecule has 1 heterocycles. The highest BCUT2D eigenvalue weighted by Gasteiger charge is 2.08. The predicted octanol–water partition coefficient (Wildman–Crippen LogP) is 4.11. The van der Waals surface area contributed by atoms with Gasteiger partial charge < -0.3 is 5.73 Å². The lowest BCUT2D eigenvalue weighted by Gasteiger charge is -2.13. The van der Waals surface area contributed by atoms with Crippen molar-refractivity contribution in [3.8, 4) is 0 Å². The van der Waals surface area contributed by atoms with Gasteiger partial charge in [0.1, 0.15) is 0 Å². The van der Waals surface area contributed by atoms with Crippen LogP contribution in [0.5, 0.6) is 0 Å². The molecule has 0 saturated heterocycles. The minimum absolute atomic E-state index is 0.0897. The molecular weight excluding hydrogens is 324 g/mol. The van der Waals surface area contributed by atoms with Gasteiger partial charge in [-0.25, -0.2) is 0 Å². The Morgan fingerprint density at radius 1 is 1.00 bits per heavy atom. The molecule has 3 rings (SSSR count). The molecule has 0 amide bonds. The van der Waals surface area contributed by atoms with Crippen molar-refractivity contribution in [3.63, 3.8) is 0 Å². The lowest BCUT2D eigenvalue weighted by Crippen LogP contribution is -2.25. The number of hydrogen-bond acceptors (Lipinski definition) is 2. The van der Waals surface area contributed by atoms with E-state index in [4.69, 9.17) is 5.73 Å². The molecule has 0 saturated carbocycles. The molecule has 21 heavy (non-hydrogen) atoms. The van der Waals surface area contributed by atoms with Crippen molar-refractivity contribution < 1.29 is 0 Å². The minimum Gasteiger partial charge on any atom is -0.327 e. The maximum absolute atomic E-state index is 6.34. The number of fused-ring (bicyclic) bond motifs is 1. The summed E-state index contributed by atoms with van der Waals surface area (Å²) in [6, 6.07) is 17.0. The first-order valence-electron chi connectivity index (χ1n) is 7.04. The molecule has 0 aliphatic heterocycles. The van der Waals surface area contributed by atoms with Crippen LogP contribution in [-0.4, -0.2) is 11.0 Å². The van der Waals surface area contributed by atoms with Gasteiger partial charge in [-0.05, 0) is 56.7 Å². The monoisotopic (exact) mass is 340 g/mol. The second kappa shape index (κ2) is 6.37. The molecule has 0 fully saturated rings.